The molecule has 0 unspecified atom stereocenters. The standard InChI is InChI=1S/C9H12IN5O2/c10-13-7(11)6-8(15-17-14-6)12-9(16)5-3-1-2-4-5/h5H,1-4H2,(H2,11,13)(H,12,15,16). The quantitative estimate of drug-likeness (QED) is 0.485. The average Bonchev–Trinajstić information content (AvgIpc) is 2.98. The van der Waals surface area contributed by atoms with Gasteiger partial charge in [-0.15, -0.1) is 0 Å². The fraction of sp³-hybridized carbons (Fsp3) is 0.556. The normalized spacial score (nSPS) is 17.4. The van der Waals surface area contributed by atoms with Gasteiger partial charge in [0.25, 0.3) is 0 Å². The number of hydrogen-bond donors (Lipinski definition) is 2. The fourth-order valence-corrected chi connectivity index (χ4v) is 2.11. The molecule has 3 N–H and O–H groups in total. The summed E-state index contributed by atoms with van der Waals surface area (Å²) in [5, 5.41) is 9.90. The molecule has 7 nitrogen and oxygen atoms in total. The number of carbonyl (C=O) groups excluding carboxylic acids is 1. The number of anilines is 1. The minimum Gasteiger partial charge on any atom is -0.381 e. The van der Waals surface area contributed by atoms with Crippen molar-refractivity contribution in [2.24, 2.45) is 14.9 Å². The van der Waals surface area contributed by atoms with Crippen molar-refractivity contribution in [1.29, 1.82) is 0 Å². The van der Waals surface area contributed by atoms with E-state index in [1.54, 1.807) is 22.9 Å². The van der Waals surface area contributed by atoms with Crippen LogP contribution in [0.25, 0.3) is 0 Å². The van der Waals surface area contributed by atoms with Crippen LogP contribution in [0.5, 0.6) is 0 Å². The zero-order chi connectivity index (χ0) is 12.3. The van der Waals surface area contributed by atoms with Gasteiger partial charge in [-0.05, 0) is 23.2 Å². The Morgan fingerprint density at radius 2 is 2.18 bits per heavy atom. The van der Waals surface area contributed by atoms with Crippen LogP contribution >= 0.6 is 22.9 Å². The summed E-state index contributed by atoms with van der Waals surface area (Å²) in [4.78, 5) is 11.9. The van der Waals surface area contributed by atoms with Gasteiger partial charge in [-0.25, -0.2) is 4.63 Å². The number of nitrogens with zero attached hydrogens (tertiary/aromatic N) is 3. The first-order chi connectivity index (χ1) is 8.22. The van der Waals surface area contributed by atoms with E-state index in [-0.39, 0.29) is 29.2 Å². The summed E-state index contributed by atoms with van der Waals surface area (Å²) in [6, 6.07) is 0. The van der Waals surface area contributed by atoms with Gasteiger partial charge in [-0.2, -0.15) is 3.21 Å². The molecule has 0 spiro atoms. The highest BCUT2D eigenvalue weighted by Gasteiger charge is 2.25. The Morgan fingerprint density at radius 1 is 1.47 bits per heavy atom. The lowest BCUT2D eigenvalue weighted by Gasteiger charge is -2.07. The lowest BCUT2D eigenvalue weighted by atomic mass is 10.1. The maximum absolute atomic E-state index is 11.9. The summed E-state index contributed by atoms with van der Waals surface area (Å²) in [6.07, 6.45) is 4.03. The number of aromatic nitrogens is 2. The summed E-state index contributed by atoms with van der Waals surface area (Å²) in [7, 11) is 0. The summed E-state index contributed by atoms with van der Waals surface area (Å²) in [6.45, 7) is 0. The van der Waals surface area contributed by atoms with Crippen LogP contribution in [-0.4, -0.2) is 22.1 Å². The molecule has 0 aromatic carbocycles. The number of amides is 1. The number of carbonyl (C=O) groups is 1. The molecule has 2 rings (SSSR count). The topological polar surface area (TPSA) is 106 Å². The Kier molecular flexibility index (Phi) is 3.92. The SMILES string of the molecule is N/C(=N\I)c1nonc1NC(=O)C1CCCC1. The van der Waals surface area contributed by atoms with E-state index in [9.17, 15) is 4.79 Å². The Bertz CT molecular complexity index is 438. The smallest absolute Gasteiger partial charge is 0.228 e. The van der Waals surface area contributed by atoms with Crippen molar-refractivity contribution in [3.8, 4) is 0 Å². The van der Waals surface area contributed by atoms with Crippen molar-refractivity contribution in [3.05, 3.63) is 5.69 Å². The van der Waals surface area contributed by atoms with Gasteiger partial charge in [0, 0.05) is 5.92 Å². The van der Waals surface area contributed by atoms with Gasteiger partial charge < -0.3 is 11.1 Å². The maximum Gasteiger partial charge on any atom is 0.228 e. The van der Waals surface area contributed by atoms with Gasteiger partial charge in [0.15, 0.2) is 11.5 Å². The molecule has 17 heavy (non-hydrogen) atoms. The van der Waals surface area contributed by atoms with Crippen LogP contribution in [0.2, 0.25) is 0 Å². The Hall–Kier alpha value is -1.19. The van der Waals surface area contributed by atoms with Crippen molar-refractivity contribution >= 4 is 40.4 Å². The van der Waals surface area contributed by atoms with Crippen molar-refractivity contribution in [3.63, 3.8) is 0 Å². The molecule has 1 amide bonds. The van der Waals surface area contributed by atoms with Crippen LogP contribution < -0.4 is 11.1 Å². The number of amidine groups is 1. The molecule has 1 heterocycles. The number of halogens is 1. The molecule has 0 aliphatic heterocycles. The predicted molar refractivity (Wildman–Crippen MR) is 69.6 cm³/mol. The third kappa shape index (κ3) is 2.73. The molecule has 1 fully saturated rings. The second-order valence-electron chi connectivity index (χ2n) is 3.90. The van der Waals surface area contributed by atoms with E-state index in [2.05, 4.69) is 23.5 Å². The van der Waals surface area contributed by atoms with E-state index in [0.717, 1.165) is 25.7 Å². The van der Waals surface area contributed by atoms with Gasteiger partial charge in [0.05, 0.1) is 22.9 Å². The van der Waals surface area contributed by atoms with Crippen LogP contribution in [0.4, 0.5) is 5.82 Å². The highest BCUT2D eigenvalue weighted by Crippen LogP contribution is 2.26. The fourth-order valence-electron chi connectivity index (χ4n) is 1.89. The monoisotopic (exact) mass is 349 g/mol. The lowest BCUT2D eigenvalue weighted by Crippen LogP contribution is -2.23. The zero-order valence-corrected chi connectivity index (χ0v) is 11.2. The molecule has 0 atom stereocenters. The number of rotatable bonds is 3. The first kappa shape index (κ1) is 12.3. The molecule has 1 aliphatic carbocycles. The van der Waals surface area contributed by atoms with E-state index >= 15 is 0 Å². The van der Waals surface area contributed by atoms with Crippen molar-refractivity contribution < 1.29 is 9.42 Å². The molecule has 0 saturated heterocycles. The minimum atomic E-state index is -0.0549. The largest absolute Gasteiger partial charge is 0.381 e. The third-order valence-corrected chi connectivity index (χ3v) is 3.31. The minimum absolute atomic E-state index is 0.0531. The van der Waals surface area contributed by atoms with Crippen molar-refractivity contribution in [2.45, 2.75) is 25.7 Å². The highest BCUT2D eigenvalue weighted by molar-refractivity contribution is 14.1. The van der Waals surface area contributed by atoms with Crippen LogP contribution in [0.15, 0.2) is 7.83 Å². The van der Waals surface area contributed by atoms with Gasteiger partial charge in [0.1, 0.15) is 0 Å². The van der Waals surface area contributed by atoms with Crippen LogP contribution in [0.1, 0.15) is 31.4 Å². The van der Waals surface area contributed by atoms with E-state index in [1.807, 2.05) is 0 Å². The molecule has 0 radical (unpaired) electrons. The number of nitrogens with two attached hydrogens (primary N) is 1. The Morgan fingerprint density at radius 3 is 2.82 bits per heavy atom. The molecule has 92 valence electrons. The molecule has 1 saturated carbocycles. The van der Waals surface area contributed by atoms with Crippen molar-refractivity contribution in [1.82, 2.24) is 10.3 Å². The van der Waals surface area contributed by atoms with Gasteiger partial charge in [0.2, 0.25) is 11.7 Å². The molecule has 1 aliphatic rings. The second kappa shape index (κ2) is 5.43. The van der Waals surface area contributed by atoms with E-state index in [1.165, 1.54) is 0 Å². The van der Waals surface area contributed by atoms with Gasteiger partial charge >= 0.3 is 0 Å². The lowest BCUT2D eigenvalue weighted by molar-refractivity contribution is -0.119. The first-order valence-corrected chi connectivity index (χ1v) is 6.27. The zero-order valence-electron chi connectivity index (χ0n) is 9.02. The van der Waals surface area contributed by atoms with Crippen molar-refractivity contribution in [2.75, 3.05) is 5.32 Å². The van der Waals surface area contributed by atoms with Gasteiger partial charge in [-0.1, -0.05) is 12.8 Å². The third-order valence-electron chi connectivity index (χ3n) is 2.79. The van der Waals surface area contributed by atoms with E-state index in [4.69, 9.17) is 5.73 Å². The second-order valence-corrected chi connectivity index (χ2v) is 4.38. The summed E-state index contributed by atoms with van der Waals surface area (Å²) < 4.78 is 8.30. The summed E-state index contributed by atoms with van der Waals surface area (Å²) in [5.74, 6) is 0.409. The Labute approximate surface area is 112 Å². The summed E-state index contributed by atoms with van der Waals surface area (Å²) >= 11 is 1.74. The van der Waals surface area contributed by atoms with Gasteiger partial charge in [-0.3, -0.25) is 4.79 Å². The molecular formula is C9H12IN5O2. The average molecular weight is 349 g/mol. The van der Waals surface area contributed by atoms with E-state index < -0.39 is 0 Å². The number of nitrogens with one attached hydrogen (secondary N) is 1. The summed E-state index contributed by atoms with van der Waals surface area (Å²) in [5.41, 5.74) is 5.87. The van der Waals surface area contributed by atoms with Crippen LogP contribution in [-0.2, 0) is 4.79 Å². The maximum atomic E-state index is 11.9. The number of hydrogen-bond acceptors (Lipinski definition) is 5. The molecule has 1 aromatic heterocycles. The molecule has 0 bridgehead atoms. The molecular weight excluding hydrogens is 337 g/mol. The van der Waals surface area contributed by atoms with E-state index in [0.29, 0.717) is 0 Å². The molecule has 1 aromatic rings. The van der Waals surface area contributed by atoms with Crippen LogP contribution in [0, 0.1) is 5.92 Å². The van der Waals surface area contributed by atoms with Crippen LogP contribution in [0.3, 0.4) is 0 Å². The predicted octanol–water partition coefficient (Wildman–Crippen LogP) is 1.25. The molecule has 8 heteroatoms. The first-order valence-electron chi connectivity index (χ1n) is 5.30. The Balaban J connectivity index is 2.08. The highest BCUT2D eigenvalue weighted by atomic mass is 127.